The number of aliphatic hydroxyl groups excluding tert-OH is 2. The molecule has 0 bridgehead atoms. The first kappa shape index (κ1) is 61.1. The minimum absolute atomic E-state index is 0. The van der Waals surface area contributed by atoms with Gasteiger partial charge in [0.1, 0.15) is 0 Å². The topological polar surface area (TPSA) is 65.8 Å². The molecule has 0 unspecified atom stereocenters. The van der Waals surface area contributed by atoms with Crippen LogP contribution in [0.2, 0.25) is 0 Å². The summed E-state index contributed by atoms with van der Waals surface area (Å²) in [6.07, 6.45) is 41.0. The van der Waals surface area contributed by atoms with Crippen molar-refractivity contribution >= 4 is 11.4 Å². The molecular formula is C58H100N2O2Pd. The second-order valence-electron chi connectivity index (χ2n) is 18.2. The van der Waals surface area contributed by atoms with Crippen LogP contribution in [0, 0.1) is 0 Å². The predicted octanol–water partition coefficient (Wildman–Crippen LogP) is 17.6. The van der Waals surface area contributed by atoms with E-state index in [9.17, 15) is 5.53 Å². The first-order valence-electron chi connectivity index (χ1n) is 26.8. The number of hydrogen-bond acceptors (Lipinski definition) is 2. The van der Waals surface area contributed by atoms with Gasteiger partial charge in [0.15, 0.2) is 0 Å². The minimum atomic E-state index is 0. The molecule has 364 valence electrons. The summed E-state index contributed by atoms with van der Waals surface area (Å²) >= 11 is 0. The standard InChI is InChI=1S/C54H88N2.2C2H6O.Pd/c1-8-15-22-28-33-44-39-49(40-45(34-29-23-16-9-2)51(44)37-26-19-12-5)53-43-48(32-21-14-7)54(56(53)55)50-41-46(35-30-24-17-10-3)52(38-27-20-13-6)47(42-50)36-31-25-18-11-4;2*1-2-3;/h39-43H,8-38H2,1-7H3;2*3H,2H2,1H3;. The fraction of sp³-hybridized carbons (Fsp3) is 0.724. The summed E-state index contributed by atoms with van der Waals surface area (Å²) in [5.41, 5.74) is 27.9. The largest absolute Gasteiger partial charge is 0.493 e. The Balaban J connectivity index is 0.00000518. The van der Waals surface area contributed by atoms with Crippen LogP contribution in [0.1, 0.15) is 267 Å². The van der Waals surface area contributed by atoms with E-state index in [0.717, 1.165) is 56.3 Å². The normalized spacial score (nSPS) is 12.2. The van der Waals surface area contributed by atoms with Gasteiger partial charge in [0.25, 0.3) is 0 Å². The van der Waals surface area contributed by atoms with Crippen LogP contribution in [0.5, 0.6) is 0 Å². The number of rotatable bonds is 33. The molecule has 3 rings (SSSR count). The third-order valence-corrected chi connectivity index (χ3v) is 12.6. The Labute approximate surface area is 405 Å². The molecule has 0 saturated heterocycles. The van der Waals surface area contributed by atoms with E-state index in [1.807, 2.05) is 0 Å². The Morgan fingerprint density at radius 3 is 0.984 bits per heavy atom. The van der Waals surface area contributed by atoms with Crippen LogP contribution in [0.25, 0.3) is 16.9 Å². The molecule has 1 aliphatic heterocycles. The van der Waals surface area contributed by atoms with Crippen molar-refractivity contribution < 1.29 is 35.3 Å². The molecule has 0 aromatic heterocycles. The van der Waals surface area contributed by atoms with Crippen molar-refractivity contribution in [1.82, 2.24) is 0 Å². The summed E-state index contributed by atoms with van der Waals surface area (Å²) in [6, 6.07) is 10.1. The zero-order chi connectivity index (χ0) is 45.8. The fourth-order valence-corrected chi connectivity index (χ4v) is 9.11. The van der Waals surface area contributed by atoms with Gasteiger partial charge < -0.3 is 15.7 Å². The Morgan fingerprint density at radius 2 is 0.667 bits per heavy atom. The quantitative estimate of drug-likeness (QED) is 0.0425. The van der Waals surface area contributed by atoms with E-state index in [1.165, 1.54) is 171 Å². The summed E-state index contributed by atoms with van der Waals surface area (Å²) in [7, 11) is 0. The minimum Gasteiger partial charge on any atom is -0.493 e. The van der Waals surface area contributed by atoms with E-state index in [2.05, 4.69) is 78.8 Å². The summed E-state index contributed by atoms with van der Waals surface area (Å²) in [6.45, 7) is 20.1. The molecule has 4 nitrogen and oxygen atoms in total. The molecule has 1 aliphatic rings. The molecule has 0 atom stereocenters. The summed E-state index contributed by atoms with van der Waals surface area (Å²) in [5, 5.41) is 15.1. The third-order valence-electron chi connectivity index (χ3n) is 12.6. The number of aliphatic hydroxyl groups is 2. The van der Waals surface area contributed by atoms with Crippen molar-refractivity contribution in [3.8, 4) is 0 Å². The first-order chi connectivity index (χ1) is 30.3. The molecule has 0 saturated carbocycles. The summed E-state index contributed by atoms with van der Waals surface area (Å²) in [5.74, 6) is 0. The number of aryl methyl sites for hydroxylation is 4. The van der Waals surface area contributed by atoms with E-state index in [0.29, 0.717) is 0 Å². The Morgan fingerprint density at radius 1 is 0.381 bits per heavy atom. The van der Waals surface area contributed by atoms with Gasteiger partial charge in [-0.3, -0.25) is 0 Å². The first-order valence-corrected chi connectivity index (χ1v) is 26.8. The van der Waals surface area contributed by atoms with Crippen molar-refractivity contribution in [1.29, 1.82) is 0 Å². The van der Waals surface area contributed by atoms with Gasteiger partial charge in [-0.25, -0.2) is 4.70 Å². The molecule has 1 heterocycles. The van der Waals surface area contributed by atoms with Gasteiger partial charge in [0.05, 0.1) is 0 Å². The third kappa shape index (κ3) is 23.9. The van der Waals surface area contributed by atoms with Crippen LogP contribution in [-0.4, -0.2) is 28.1 Å². The van der Waals surface area contributed by atoms with Crippen molar-refractivity contribution in [3.05, 3.63) is 86.0 Å². The molecule has 5 heteroatoms. The smallest absolute Gasteiger partial charge is 0.210 e. The average Bonchev–Trinajstić information content (AvgIpc) is 3.60. The Kier molecular flexibility index (Phi) is 39.2. The monoisotopic (exact) mass is 963 g/mol. The van der Waals surface area contributed by atoms with E-state index in [4.69, 9.17) is 10.2 Å². The van der Waals surface area contributed by atoms with Crippen molar-refractivity contribution in [2.75, 3.05) is 13.2 Å². The van der Waals surface area contributed by atoms with E-state index in [1.54, 1.807) is 51.9 Å². The Hall–Kier alpha value is -1.90. The van der Waals surface area contributed by atoms with Crippen LogP contribution in [0.3, 0.4) is 0 Å². The number of unbranched alkanes of at least 4 members (excludes halogenated alkanes) is 17. The molecule has 0 spiro atoms. The molecule has 0 aliphatic carbocycles. The maximum Gasteiger partial charge on any atom is 0.210 e. The second-order valence-corrected chi connectivity index (χ2v) is 18.2. The van der Waals surface area contributed by atoms with E-state index in [-0.39, 0.29) is 33.6 Å². The number of allylic oxidation sites excluding steroid dienone is 2. The molecule has 2 aromatic rings. The van der Waals surface area contributed by atoms with Crippen LogP contribution in [0.15, 0.2) is 35.9 Å². The van der Waals surface area contributed by atoms with Crippen LogP contribution >= 0.6 is 0 Å². The molecule has 0 amide bonds. The van der Waals surface area contributed by atoms with Crippen molar-refractivity contribution in [3.63, 3.8) is 0 Å². The number of nitrogens with zero attached hydrogens (tertiary/aromatic N) is 2. The molecule has 2 aromatic carbocycles. The molecular weight excluding hydrogens is 863 g/mol. The average molecular weight is 964 g/mol. The number of benzene rings is 2. The van der Waals surface area contributed by atoms with Crippen LogP contribution < -0.4 is 0 Å². The SMILES string of the molecule is CCCCCCc1cc(C2=CC(CCCC)=C(c3cc(CCCCCC)c(CCCCC)c(CCCCCC)c3)[N+]2=[N-])cc(CCCCCC)c1CCCCC.CCO.CCO.[Pd]. The van der Waals surface area contributed by atoms with Crippen molar-refractivity contribution in [2.45, 2.75) is 261 Å². The molecule has 2 N–H and O–H groups in total. The van der Waals surface area contributed by atoms with Gasteiger partial charge in [-0.2, -0.15) is 0 Å². The summed E-state index contributed by atoms with van der Waals surface area (Å²) < 4.78 is 1.65. The Bertz CT molecular complexity index is 1460. The van der Waals surface area contributed by atoms with Gasteiger partial charge in [-0.05, 0) is 161 Å². The van der Waals surface area contributed by atoms with Gasteiger partial charge in [-0.1, -0.05) is 158 Å². The van der Waals surface area contributed by atoms with E-state index >= 15 is 0 Å². The zero-order valence-corrected chi connectivity index (χ0v) is 44.4. The molecule has 0 fully saturated rings. The second kappa shape index (κ2) is 40.4. The van der Waals surface area contributed by atoms with Gasteiger partial charge in [0.2, 0.25) is 11.4 Å². The predicted molar refractivity (Wildman–Crippen MR) is 274 cm³/mol. The van der Waals surface area contributed by atoms with Crippen LogP contribution in [0.4, 0.5) is 0 Å². The van der Waals surface area contributed by atoms with Gasteiger partial charge in [-0.15, -0.1) is 0 Å². The van der Waals surface area contributed by atoms with Crippen molar-refractivity contribution in [2.24, 2.45) is 0 Å². The molecule has 63 heavy (non-hydrogen) atoms. The number of hydrogen-bond donors (Lipinski definition) is 2. The maximum atomic E-state index is 12.6. The summed E-state index contributed by atoms with van der Waals surface area (Å²) in [4.78, 5) is 0. The van der Waals surface area contributed by atoms with Gasteiger partial charge in [0, 0.05) is 56.4 Å². The molecule has 0 radical (unpaired) electrons. The zero-order valence-electron chi connectivity index (χ0n) is 42.8. The van der Waals surface area contributed by atoms with Gasteiger partial charge >= 0.3 is 0 Å². The maximum absolute atomic E-state index is 12.6. The van der Waals surface area contributed by atoms with Crippen LogP contribution in [-0.2, 0) is 58.9 Å². The van der Waals surface area contributed by atoms with E-state index < -0.39 is 0 Å². The fourth-order valence-electron chi connectivity index (χ4n) is 9.11.